The Morgan fingerprint density at radius 2 is 1.82 bits per heavy atom. The highest BCUT2D eigenvalue weighted by Gasteiger charge is 2.10. The number of aromatic carboxylic acids is 1. The Hall–Kier alpha value is -2.95. The largest absolute Gasteiger partial charge is 0.478 e. The average molecular weight is 293 g/mol. The molecule has 0 amide bonds. The summed E-state index contributed by atoms with van der Waals surface area (Å²) >= 11 is 0. The zero-order chi connectivity index (χ0) is 15.7. The summed E-state index contributed by atoms with van der Waals surface area (Å²) in [6.07, 6.45) is 1.80. The maximum atomic E-state index is 11.1. The smallest absolute Gasteiger partial charge is 0.335 e. The predicted octanol–water partition coefficient (Wildman–Crippen LogP) is 3.25. The molecule has 0 aliphatic rings. The first kappa shape index (κ1) is 14.0. The number of benzene rings is 2. The summed E-state index contributed by atoms with van der Waals surface area (Å²) in [5.74, 6) is -0.958. The summed E-state index contributed by atoms with van der Waals surface area (Å²) in [6.45, 7) is 3.94. The average Bonchev–Trinajstić information content (AvgIpc) is 2.98. The Morgan fingerprint density at radius 3 is 2.50 bits per heavy atom. The number of aryl methyl sites for hydroxylation is 2. The lowest BCUT2D eigenvalue weighted by molar-refractivity contribution is 0.0697. The maximum Gasteiger partial charge on any atom is 0.335 e. The minimum Gasteiger partial charge on any atom is -0.478 e. The quantitative estimate of drug-likeness (QED) is 0.805. The van der Waals surface area contributed by atoms with Gasteiger partial charge < -0.3 is 5.11 Å². The van der Waals surface area contributed by atoms with Crippen LogP contribution in [0.4, 0.5) is 0 Å². The van der Waals surface area contributed by atoms with E-state index in [1.54, 1.807) is 29.1 Å². The Balaban J connectivity index is 2.02. The minimum atomic E-state index is -0.958. The van der Waals surface area contributed by atoms with Crippen LogP contribution in [0, 0.1) is 13.8 Å². The Bertz CT molecular complexity index is 835. The minimum absolute atomic E-state index is 0.230. The SMILES string of the molecule is Cc1ccc(-c2cn(-c3cc(C(=O)O)ccc3C)nn2)cc1. The van der Waals surface area contributed by atoms with Crippen LogP contribution in [-0.2, 0) is 0 Å². The topological polar surface area (TPSA) is 68.0 Å². The van der Waals surface area contributed by atoms with Gasteiger partial charge in [-0.15, -0.1) is 5.10 Å². The molecule has 2 aromatic carbocycles. The fourth-order valence-corrected chi connectivity index (χ4v) is 2.23. The van der Waals surface area contributed by atoms with Crippen LogP contribution in [0.2, 0.25) is 0 Å². The van der Waals surface area contributed by atoms with Crippen LogP contribution in [0.25, 0.3) is 16.9 Å². The van der Waals surface area contributed by atoms with E-state index < -0.39 is 5.97 Å². The van der Waals surface area contributed by atoms with Gasteiger partial charge in [0.25, 0.3) is 0 Å². The van der Waals surface area contributed by atoms with Crippen molar-refractivity contribution in [2.45, 2.75) is 13.8 Å². The monoisotopic (exact) mass is 293 g/mol. The van der Waals surface area contributed by atoms with Gasteiger partial charge in [0.05, 0.1) is 17.4 Å². The van der Waals surface area contributed by atoms with Crippen molar-refractivity contribution < 1.29 is 9.90 Å². The molecule has 1 heterocycles. The van der Waals surface area contributed by atoms with Crippen LogP contribution in [-0.4, -0.2) is 26.1 Å². The van der Waals surface area contributed by atoms with Crippen LogP contribution in [0.3, 0.4) is 0 Å². The van der Waals surface area contributed by atoms with Crippen molar-refractivity contribution in [3.63, 3.8) is 0 Å². The number of carboxylic acids is 1. The number of hydrogen-bond donors (Lipinski definition) is 1. The van der Waals surface area contributed by atoms with E-state index in [1.165, 1.54) is 5.56 Å². The molecule has 0 saturated carbocycles. The highest BCUT2D eigenvalue weighted by atomic mass is 16.4. The zero-order valence-corrected chi connectivity index (χ0v) is 12.3. The molecule has 0 aliphatic carbocycles. The molecule has 110 valence electrons. The van der Waals surface area contributed by atoms with Gasteiger partial charge in [-0.3, -0.25) is 0 Å². The van der Waals surface area contributed by atoms with Crippen LogP contribution < -0.4 is 0 Å². The molecule has 1 aromatic heterocycles. The summed E-state index contributed by atoms with van der Waals surface area (Å²) in [6, 6.07) is 13.0. The normalized spacial score (nSPS) is 10.6. The summed E-state index contributed by atoms with van der Waals surface area (Å²) in [5.41, 5.74) is 4.79. The summed E-state index contributed by atoms with van der Waals surface area (Å²) in [4.78, 5) is 11.1. The number of nitrogens with zero attached hydrogens (tertiary/aromatic N) is 3. The second-order valence-corrected chi connectivity index (χ2v) is 5.22. The van der Waals surface area contributed by atoms with Gasteiger partial charge in [0.15, 0.2) is 0 Å². The van der Waals surface area contributed by atoms with E-state index in [2.05, 4.69) is 10.3 Å². The molecule has 0 saturated heterocycles. The molecule has 22 heavy (non-hydrogen) atoms. The van der Waals surface area contributed by atoms with Gasteiger partial charge in [-0.2, -0.15) is 0 Å². The lowest BCUT2D eigenvalue weighted by atomic mass is 10.1. The summed E-state index contributed by atoms with van der Waals surface area (Å²) < 4.78 is 1.61. The van der Waals surface area contributed by atoms with Crippen molar-refractivity contribution in [3.8, 4) is 16.9 Å². The number of aromatic nitrogens is 3. The van der Waals surface area contributed by atoms with Crippen LogP contribution >= 0.6 is 0 Å². The lowest BCUT2D eigenvalue weighted by Gasteiger charge is -2.05. The standard InChI is InChI=1S/C17H15N3O2/c1-11-3-6-13(7-4-11)15-10-20(19-18-15)16-9-14(17(21)22)8-5-12(16)2/h3-10H,1-2H3,(H,21,22). The van der Waals surface area contributed by atoms with Crippen molar-refractivity contribution in [2.75, 3.05) is 0 Å². The molecule has 0 unspecified atom stereocenters. The number of carbonyl (C=O) groups is 1. The molecule has 3 aromatic rings. The second-order valence-electron chi connectivity index (χ2n) is 5.22. The van der Waals surface area contributed by atoms with Crippen LogP contribution in [0.1, 0.15) is 21.5 Å². The first-order valence-electron chi connectivity index (χ1n) is 6.88. The van der Waals surface area contributed by atoms with Crippen molar-refractivity contribution in [1.29, 1.82) is 0 Å². The van der Waals surface area contributed by atoms with Gasteiger partial charge in [0.2, 0.25) is 0 Å². The first-order chi connectivity index (χ1) is 10.5. The van der Waals surface area contributed by atoms with Crippen molar-refractivity contribution in [2.24, 2.45) is 0 Å². The molecule has 0 spiro atoms. The maximum absolute atomic E-state index is 11.1. The lowest BCUT2D eigenvalue weighted by Crippen LogP contribution is -2.02. The van der Waals surface area contributed by atoms with Crippen LogP contribution in [0.5, 0.6) is 0 Å². The third-order valence-corrected chi connectivity index (χ3v) is 3.54. The van der Waals surface area contributed by atoms with Gasteiger partial charge in [-0.1, -0.05) is 41.1 Å². The second kappa shape index (κ2) is 5.44. The molecular weight excluding hydrogens is 278 g/mol. The molecule has 0 aliphatic heterocycles. The molecule has 0 radical (unpaired) electrons. The highest BCUT2D eigenvalue weighted by molar-refractivity contribution is 5.88. The summed E-state index contributed by atoms with van der Waals surface area (Å²) in [5, 5.41) is 17.4. The number of carboxylic acid groups (broad SMARTS) is 1. The Morgan fingerprint density at radius 1 is 1.09 bits per heavy atom. The Labute approximate surface area is 127 Å². The van der Waals surface area contributed by atoms with E-state index in [-0.39, 0.29) is 5.56 Å². The van der Waals surface area contributed by atoms with Crippen molar-refractivity contribution in [3.05, 3.63) is 65.4 Å². The predicted molar refractivity (Wildman–Crippen MR) is 83.2 cm³/mol. The van der Waals surface area contributed by atoms with Gasteiger partial charge in [-0.25, -0.2) is 9.48 Å². The van der Waals surface area contributed by atoms with Gasteiger partial charge in [-0.05, 0) is 31.5 Å². The molecule has 0 bridgehead atoms. The molecule has 5 heteroatoms. The fraction of sp³-hybridized carbons (Fsp3) is 0.118. The van der Waals surface area contributed by atoms with E-state index in [0.29, 0.717) is 5.69 Å². The third kappa shape index (κ3) is 2.61. The summed E-state index contributed by atoms with van der Waals surface area (Å²) in [7, 11) is 0. The number of hydrogen-bond acceptors (Lipinski definition) is 3. The Kier molecular flexibility index (Phi) is 3.47. The molecule has 0 atom stereocenters. The highest BCUT2D eigenvalue weighted by Crippen LogP contribution is 2.20. The van der Waals surface area contributed by atoms with E-state index in [4.69, 9.17) is 5.11 Å². The van der Waals surface area contributed by atoms with Gasteiger partial charge in [0, 0.05) is 5.56 Å². The van der Waals surface area contributed by atoms with E-state index >= 15 is 0 Å². The van der Waals surface area contributed by atoms with Gasteiger partial charge in [0.1, 0.15) is 5.69 Å². The van der Waals surface area contributed by atoms with E-state index in [0.717, 1.165) is 16.8 Å². The number of rotatable bonds is 3. The van der Waals surface area contributed by atoms with Crippen LogP contribution in [0.15, 0.2) is 48.7 Å². The van der Waals surface area contributed by atoms with E-state index in [9.17, 15) is 4.79 Å². The molecule has 5 nitrogen and oxygen atoms in total. The molecule has 0 fully saturated rings. The first-order valence-corrected chi connectivity index (χ1v) is 6.88. The van der Waals surface area contributed by atoms with Crippen molar-refractivity contribution in [1.82, 2.24) is 15.0 Å². The molecular formula is C17H15N3O2. The third-order valence-electron chi connectivity index (χ3n) is 3.54. The van der Waals surface area contributed by atoms with E-state index in [1.807, 2.05) is 38.1 Å². The zero-order valence-electron chi connectivity index (χ0n) is 12.3. The molecule has 1 N–H and O–H groups in total. The molecule has 3 rings (SSSR count). The van der Waals surface area contributed by atoms with Gasteiger partial charge >= 0.3 is 5.97 Å². The fourth-order valence-electron chi connectivity index (χ4n) is 2.23. The van der Waals surface area contributed by atoms with Crippen molar-refractivity contribution >= 4 is 5.97 Å².